The van der Waals surface area contributed by atoms with Crippen LogP contribution in [-0.2, 0) is 13.7 Å². The molecule has 0 aliphatic carbocycles. The van der Waals surface area contributed by atoms with Gasteiger partial charge in [-0.05, 0) is 31.2 Å². The SMILES string of the molecule is CCOc1ccc(NC(=O)c2cc(C#N)cn2C)cc1CO. The smallest absolute Gasteiger partial charge is 0.272 e. The van der Waals surface area contributed by atoms with Gasteiger partial charge < -0.3 is 19.7 Å². The number of benzene rings is 1. The molecule has 2 aromatic rings. The molecule has 6 nitrogen and oxygen atoms in total. The fourth-order valence-electron chi connectivity index (χ4n) is 2.12. The first-order chi connectivity index (χ1) is 10.6. The Kier molecular flexibility index (Phi) is 4.81. The van der Waals surface area contributed by atoms with Gasteiger partial charge in [-0.15, -0.1) is 0 Å². The number of carbonyl (C=O) groups excluding carboxylic acids is 1. The van der Waals surface area contributed by atoms with E-state index in [1.807, 2.05) is 13.0 Å². The highest BCUT2D eigenvalue weighted by Crippen LogP contribution is 2.23. The van der Waals surface area contributed by atoms with Gasteiger partial charge in [-0.2, -0.15) is 5.26 Å². The Morgan fingerprint density at radius 2 is 2.23 bits per heavy atom. The quantitative estimate of drug-likeness (QED) is 0.884. The number of aliphatic hydroxyl groups excluding tert-OH is 1. The van der Waals surface area contributed by atoms with Crippen molar-refractivity contribution in [3.8, 4) is 11.8 Å². The Hall–Kier alpha value is -2.78. The maximum Gasteiger partial charge on any atom is 0.272 e. The molecule has 0 saturated heterocycles. The van der Waals surface area contributed by atoms with Gasteiger partial charge in [0, 0.05) is 24.5 Å². The second-order valence-electron chi connectivity index (χ2n) is 4.70. The predicted octanol–water partition coefficient (Wildman–Crippen LogP) is 2.04. The first-order valence-corrected chi connectivity index (χ1v) is 6.83. The summed E-state index contributed by atoms with van der Waals surface area (Å²) >= 11 is 0. The Morgan fingerprint density at radius 1 is 1.45 bits per heavy atom. The van der Waals surface area contributed by atoms with E-state index in [4.69, 9.17) is 10.00 Å². The molecule has 1 aromatic carbocycles. The first-order valence-electron chi connectivity index (χ1n) is 6.83. The third kappa shape index (κ3) is 3.27. The Labute approximate surface area is 128 Å². The van der Waals surface area contributed by atoms with Crippen LogP contribution in [0, 0.1) is 11.3 Å². The van der Waals surface area contributed by atoms with Crippen molar-refractivity contribution >= 4 is 11.6 Å². The van der Waals surface area contributed by atoms with E-state index in [2.05, 4.69) is 5.32 Å². The number of nitriles is 1. The number of aliphatic hydroxyl groups is 1. The molecule has 114 valence electrons. The molecule has 0 spiro atoms. The minimum Gasteiger partial charge on any atom is -0.494 e. The largest absolute Gasteiger partial charge is 0.494 e. The summed E-state index contributed by atoms with van der Waals surface area (Å²) in [7, 11) is 1.70. The summed E-state index contributed by atoms with van der Waals surface area (Å²) in [5.41, 5.74) is 1.97. The van der Waals surface area contributed by atoms with Crippen molar-refractivity contribution in [2.75, 3.05) is 11.9 Å². The molecular weight excluding hydrogens is 282 g/mol. The lowest BCUT2D eigenvalue weighted by Crippen LogP contribution is -2.15. The average Bonchev–Trinajstić information content (AvgIpc) is 2.90. The van der Waals surface area contributed by atoms with E-state index in [9.17, 15) is 9.90 Å². The monoisotopic (exact) mass is 299 g/mol. The van der Waals surface area contributed by atoms with Crippen LogP contribution >= 0.6 is 0 Å². The topological polar surface area (TPSA) is 87.3 Å². The van der Waals surface area contributed by atoms with Crippen LogP contribution in [0.15, 0.2) is 30.5 Å². The molecule has 6 heteroatoms. The molecule has 2 rings (SSSR count). The highest BCUT2D eigenvalue weighted by molar-refractivity contribution is 6.03. The van der Waals surface area contributed by atoms with Crippen LogP contribution in [0.1, 0.15) is 28.5 Å². The van der Waals surface area contributed by atoms with Gasteiger partial charge in [0.1, 0.15) is 17.5 Å². The predicted molar refractivity (Wildman–Crippen MR) is 81.6 cm³/mol. The maximum atomic E-state index is 12.2. The second kappa shape index (κ2) is 6.78. The molecule has 0 unspecified atom stereocenters. The van der Waals surface area contributed by atoms with E-state index >= 15 is 0 Å². The van der Waals surface area contributed by atoms with Crippen molar-refractivity contribution in [1.82, 2.24) is 4.57 Å². The molecule has 0 aliphatic rings. The minimum atomic E-state index is -0.322. The van der Waals surface area contributed by atoms with Crippen molar-refractivity contribution in [2.45, 2.75) is 13.5 Å². The van der Waals surface area contributed by atoms with E-state index in [1.54, 1.807) is 36.0 Å². The molecule has 1 amide bonds. The minimum absolute atomic E-state index is 0.179. The van der Waals surface area contributed by atoms with E-state index < -0.39 is 0 Å². The van der Waals surface area contributed by atoms with Crippen LogP contribution in [0.2, 0.25) is 0 Å². The number of ether oxygens (including phenoxy) is 1. The highest BCUT2D eigenvalue weighted by atomic mass is 16.5. The van der Waals surface area contributed by atoms with E-state index in [0.717, 1.165) is 0 Å². The van der Waals surface area contributed by atoms with Crippen LogP contribution in [0.4, 0.5) is 5.69 Å². The Bertz CT molecular complexity index is 729. The molecule has 2 N–H and O–H groups in total. The van der Waals surface area contributed by atoms with Crippen LogP contribution < -0.4 is 10.1 Å². The lowest BCUT2D eigenvalue weighted by molar-refractivity contribution is 0.101. The molecule has 0 bridgehead atoms. The fourth-order valence-corrected chi connectivity index (χ4v) is 2.12. The molecule has 0 radical (unpaired) electrons. The second-order valence-corrected chi connectivity index (χ2v) is 4.70. The summed E-state index contributed by atoms with van der Waals surface area (Å²) in [5.74, 6) is 0.269. The number of amides is 1. The van der Waals surface area contributed by atoms with Gasteiger partial charge >= 0.3 is 0 Å². The van der Waals surface area contributed by atoms with Crippen LogP contribution in [0.3, 0.4) is 0 Å². The van der Waals surface area contributed by atoms with Gasteiger partial charge in [-0.1, -0.05) is 0 Å². The molecule has 0 aliphatic heterocycles. The number of hydrogen-bond acceptors (Lipinski definition) is 4. The van der Waals surface area contributed by atoms with E-state index in [0.29, 0.717) is 34.9 Å². The third-order valence-electron chi connectivity index (χ3n) is 3.16. The first kappa shape index (κ1) is 15.6. The number of aromatic nitrogens is 1. The van der Waals surface area contributed by atoms with Gasteiger partial charge in [0.05, 0.1) is 18.8 Å². The number of carbonyl (C=O) groups is 1. The summed E-state index contributed by atoms with van der Waals surface area (Å²) in [4.78, 5) is 12.2. The number of rotatable bonds is 5. The average molecular weight is 299 g/mol. The molecule has 0 fully saturated rings. The van der Waals surface area contributed by atoms with Gasteiger partial charge in [-0.25, -0.2) is 0 Å². The molecule has 0 atom stereocenters. The van der Waals surface area contributed by atoms with Crippen molar-refractivity contribution in [3.05, 3.63) is 47.3 Å². The van der Waals surface area contributed by atoms with Gasteiger partial charge in [-0.3, -0.25) is 4.79 Å². The fraction of sp³-hybridized carbons (Fsp3) is 0.250. The van der Waals surface area contributed by atoms with Crippen molar-refractivity contribution in [2.24, 2.45) is 7.05 Å². The van der Waals surface area contributed by atoms with Gasteiger partial charge in [0.15, 0.2) is 0 Å². The molecule has 0 saturated carbocycles. The highest BCUT2D eigenvalue weighted by Gasteiger charge is 2.13. The number of anilines is 1. The van der Waals surface area contributed by atoms with Gasteiger partial charge in [0.25, 0.3) is 5.91 Å². The molecular formula is C16H17N3O3. The van der Waals surface area contributed by atoms with Crippen molar-refractivity contribution in [1.29, 1.82) is 5.26 Å². The van der Waals surface area contributed by atoms with Crippen molar-refractivity contribution < 1.29 is 14.6 Å². The van der Waals surface area contributed by atoms with E-state index in [-0.39, 0.29) is 12.5 Å². The summed E-state index contributed by atoms with van der Waals surface area (Å²) < 4.78 is 6.99. The number of hydrogen-bond donors (Lipinski definition) is 2. The zero-order chi connectivity index (χ0) is 16.1. The Balaban J connectivity index is 2.21. The Morgan fingerprint density at radius 3 is 2.82 bits per heavy atom. The maximum absolute atomic E-state index is 12.2. The number of nitrogens with one attached hydrogen (secondary N) is 1. The number of aryl methyl sites for hydroxylation is 1. The van der Waals surface area contributed by atoms with Crippen molar-refractivity contribution in [3.63, 3.8) is 0 Å². The summed E-state index contributed by atoms with van der Waals surface area (Å²) in [6.07, 6.45) is 1.59. The van der Waals surface area contributed by atoms with Crippen LogP contribution in [0.5, 0.6) is 5.75 Å². The molecule has 1 aromatic heterocycles. The lowest BCUT2D eigenvalue weighted by atomic mass is 10.2. The molecule has 1 heterocycles. The van der Waals surface area contributed by atoms with Gasteiger partial charge in [0.2, 0.25) is 0 Å². The normalized spacial score (nSPS) is 10.1. The standard InChI is InChI=1S/C16H17N3O3/c1-3-22-15-5-4-13(7-12(15)10-20)18-16(21)14-6-11(8-17)9-19(14)2/h4-7,9,20H,3,10H2,1-2H3,(H,18,21). The molecule has 22 heavy (non-hydrogen) atoms. The summed E-state index contributed by atoms with van der Waals surface area (Å²) in [6, 6.07) is 8.59. The zero-order valence-corrected chi connectivity index (χ0v) is 12.5. The summed E-state index contributed by atoms with van der Waals surface area (Å²) in [5, 5.41) is 21.0. The van der Waals surface area contributed by atoms with Crippen LogP contribution in [0.25, 0.3) is 0 Å². The zero-order valence-electron chi connectivity index (χ0n) is 12.5. The summed E-state index contributed by atoms with van der Waals surface area (Å²) in [6.45, 7) is 2.18. The van der Waals surface area contributed by atoms with Crippen LogP contribution in [-0.4, -0.2) is 22.2 Å². The number of nitrogens with zero attached hydrogens (tertiary/aromatic N) is 2. The van der Waals surface area contributed by atoms with E-state index in [1.165, 1.54) is 6.07 Å². The lowest BCUT2D eigenvalue weighted by Gasteiger charge is -2.11. The third-order valence-corrected chi connectivity index (χ3v) is 3.16.